The molecule has 1 fully saturated rings. The fourth-order valence-corrected chi connectivity index (χ4v) is 2.83. The zero-order chi connectivity index (χ0) is 17.4. The average Bonchev–Trinajstić information content (AvgIpc) is 3.02. The molecule has 1 aromatic rings. The van der Waals surface area contributed by atoms with Gasteiger partial charge >= 0.3 is 5.97 Å². The van der Waals surface area contributed by atoms with Gasteiger partial charge in [-0.2, -0.15) is 0 Å². The number of nitrogens with one attached hydrogen (secondary N) is 1. The zero-order valence-corrected chi connectivity index (χ0v) is 15.4. The Morgan fingerprint density at radius 3 is 2.44 bits per heavy atom. The lowest BCUT2D eigenvalue weighted by Crippen LogP contribution is -2.52. The highest BCUT2D eigenvalue weighted by Gasteiger charge is 2.36. The van der Waals surface area contributed by atoms with Gasteiger partial charge in [-0.25, -0.2) is 4.79 Å². The molecule has 7 heteroatoms. The molecule has 0 radical (unpaired) electrons. The molecule has 0 aliphatic heterocycles. The summed E-state index contributed by atoms with van der Waals surface area (Å²) in [7, 11) is 0. The van der Waals surface area contributed by atoms with Gasteiger partial charge in [-0.3, -0.25) is 4.79 Å². The quantitative estimate of drug-likeness (QED) is 0.683. The van der Waals surface area contributed by atoms with Gasteiger partial charge in [0.25, 0.3) is 0 Å². The topological polar surface area (TPSA) is 90.6 Å². The normalized spacial score (nSPS) is 15.1. The number of amides is 1. The highest BCUT2D eigenvalue weighted by Crippen LogP contribution is 2.27. The Morgan fingerprint density at radius 2 is 1.84 bits per heavy atom. The summed E-state index contributed by atoms with van der Waals surface area (Å²) < 4.78 is 10.1. The number of benzene rings is 1. The molecule has 0 spiro atoms. The number of nitrogens with two attached hydrogens (primary N) is 1. The predicted octanol–water partition coefficient (Wildman–Crippen LogP) is 1.98. The number of rotatable bonds is 8. The van der Waals surface area contributed by atoms with Crippen molar-refractivity contribution in [3.05, 3.63) is 29.8 Å². The highest BCUT2D eigenvalue weighted by molar-refractivity contribution is 5.86. The Morgan fingerprint density at radius 1 is 1.20 bits per heavy atom. The summed E-state index contributed by atoms with van der Waals surface area (Å²) in [4.78, 5) is 23.3. The summed E-state index contributed by atoms with van der Waals surface area (Å²) in [5.41, 5.74) is 6.52. The number of halogens is 1. The second kappa shape index (κ2) is 10.3. The van der Waals surface area contributed by atoms with Crippen LogP contribution in [0.2, 0.25) is 0 Å². The summed E-state index contributed by atoms with van der Waals surface area (Å²) in [5, 5.41) is 2.93. The van der Waals surface area contributed by atoms with Crippen molar-refractivity contribution in [3.63, 3.8) is 0 Å². The molecular weight excluding hydrogens is 344 g/mol. The minimum atomic E-state index is -0.676. The highest BCUT2D eigenvalue weighted by atomic mass is 35.5. The smallest absolute Gasteiger partial charge is 0.344 e. The van der Waals surface area contributed by atoms with Crippen molar-refractivity contribution in [2.75, 3.05) is 19.8 Å². The average molecular weight is 371 g/mol. The number of hydrogen-bond donors (Lipinski definition) is 2. The molecule has 1 amide bonds. The summed E-state index contributed by atoms with van der Waals surface area (Å²) in [5.74, 6) is 0.184. The van der Waals surface area contributed by atoms with E-state index in [4.69, 9.17) is 15.2 Å². The van der Waals surface area contributed by atoms with E-state index in [0.717, 1.165) is 37.7 Å². The lowest BCUT2D eigenvalue weighted by atomic mass is 9.98. The van der Waals surface area contributed by atoms with Crippen LogP contribution in [0.15, 0.2) is 24.3 Å². The van der Waals surface area contributed by atoms with Gasteiger partial charge in [0.2, 0.25) is 5.91 Å². The van der Waals surface area contributed by atoms with E-state index in [9.17, 15) is 9.59 Å². The van der Waals surface area contributed by atoms with Crippen molar-refractivity contribution >= 4 is 24.3 Å². The third kappa shape index (κ3) is 6.55. The first-order valence-corrected chi connectivity index (χ1v) is 8.48. The Hall–Kier alpha value is -1.79. The maximum atomic E-state index is 12.1. The number of esters is 1. The minimum Gasteiger partial charge on any atom is -0.482 e. The maximum absolute atomic E-state index is 12.1. The third-order valence-electron chi connectivity index (χ3n) is 4.23. The van der Waals surface area contributed by atoms with Crippen molar-refractivity contribution < 1.29 is 19.1 Å². The second-order valence-corrected chi connectivity index (χ2v) is 6.11. The standard InChI is InChI=1S/C18H26N2O4.ClH/c1-2-23-16(21)13-24-15-7-5-14(6-8-15)9-12-20-17(22)18(19)10-3-4-11-18;/h5-8H,2-4,9-13,19H2,1H3,(H,20,22);1H. The Balaban J connectivity index is 0.00000312. The molecule has 0 saturated heterocycles. The Bertz CT molecular complexity index is 557. The molecule has 0 atom stereocenters. The van der Waals surface area contributed by atoms with Crippen molar-refractivity contribution in [1.82, 2.24) is 5.32 Å². The first-order chi connectivity index (χ1) is 11.5. The molecule has 0 heterocycles. The molecule has 0 unspecified atom stereocenters. The monoisotopic (exact) mass is 370 g/mol. The lowest BCUT2D eigenvalue weighted by Gasteiger charge is -2.22. The molecule has 2 rings (SSSR count). The molecule has 6 nitrogen and oxygen atoms in total. The van der Waals surface area contributed by atoms with Gasteiger partial charge in [-0.15, -0.1) is 12.4 Å². The predicted molar refractivity (Wildman–Crippen MR) is 97.9 cm³/mol. The van der Waals surface area contributed by atoms with E-state index in [1.165, 1.54) is 0 Å². The van der Waals surface area contributed by atoms with E-state index < -0.39 is 5.54 Å². The van der Waals surface area contributed by atoms with E-state index in [1.807, 2.05) is 12.1 Å². The first kappa shape index (κ1) is 21.3. The number of hydrogen-bond acceptors (Lipinski definition) is 5. The van der Waals surface area contributed by atoms with Gasteiger partial charge in [-0.1, -0.05) is 25.0 Å². The SMILES string of the molecule is CCOC(=O)COc1ccc(CCNC(=O)C2(N)CCCC2)cc1.Cl. The molecule has 1 aliphatic carbocycles. The largest absolute Gasteiger partial charge is 0.482 e. The van der Waals surface area contributed by atoms with E-state index in [2.05, 4.69) is 5.32 Å². The van der Waals surface area contributed by atoms with Crippen molar-refractivity contribution in [2.24, 2.45) is 5.73 Å². The zero-order valence-electron chi connectivity index (χ0n) is 14.6. The van der Waals surface area contributed by atoms with Crippen LogP contribution in [0, 0.1) is 0 Å². The van der Waals surface area contributed by atoms with Crippen molar-refractivity contribution in [3.8, 4) is 5.75 Å². The molecule has 0 bridgehead atoms. The van der Waals surface area contributed by atoms with Crippen LogP contribution in [-0.4, -0.2) is 37.2 Å². The van der Waals surface area contributed by atoms with E-state index in [0.29, 0.717) is 18.9 Å². The molecule has 1 aliphatic rings. The molecule has 25 heavy (non-hydrogen) atoms. The minimum absolute atomic E-state index is 0. The summed E-state index contributed by atoms with van der Waals surface area (Å²) in [6.45, 7) is 2.56. The van der Waals surface area contributed by atoms with Gasteiger partial charge in [0.05, 0.1) is 12.1 Å². The molecular formula is C18H27ClN2O4. The van der Waals surface area contributed by atoms with Crippen molar-refractivity contribution in [1.29, 1.82) is 0 Å². The fraction of sp³-hybridized carbons (Fsp3) is 0.556. The van der Waals surface area contributed by atoms with Crippen molar-refractivity contribution in [2.45, 2.75) is 44.6 Å². The van der Waals surface area contributed by atoms with Crippen LogP contribution in [0.4, 0.5) is 0 Å². The molecule has 1 aromatic carbocycles. The molecule has 0 aromatic heterocycles. The lowest BCUT2D eigenvalue weighted by molar-refractivity contribution is -0.145. The van der Waals surface area contributed by atoms with Gasteiger partial charge < -0.3 is 20.5 Å². The third-order valence-corrected chi connectivity index (χ3v) is 4.23. The van der Waals surface area contributed by atoms with Gasteiger partial charge in [-0.05, 0) is 43.9 Å². The number of carbonyl (C=O) groups excluding carboxylic acids is 2. The number of ether oxygens (including phenoxy) is 2. The van der Waals surface area contributed by atoms with Crippen LogP contribution in [0.1, 0.15) is 38.2 Å². The van der Waals surface area contributed by atoms with Crippen LogP contribution in [-0.2, 0) is 20.7 Å². The Kier molecular flexibility index (Phi) is 8.72. The van der Waals surface area contributed by atoms with Crippen LogP contribution in [0.3, 0.4) is 0 Å². The van der Waals surface area contributed by atoms with Crippen LogP contribution < -0.4 is 15.8 Å². The van der Waals surface area contributed by atoms with Gasteiger partial charge in [0.15, 0.2) is 6.61 Å². The van der Waals surface area contributed by atoms with Crippen LogP contribution in [0.5, 0.6) is 5.75 Å². The van der Waals surface area contributed by atoms with E-state index >= 15 is 0 Å². The summed E-state index contributed by atoms with van der Waals surface area (Å²) in [6.07, 6.45) is 4.31. The van der Waals surface area contributed by atoms with Crippen LogP contribution in [0.25, 0.3) is 0 Å². The summed E-state index contributed by atoms with van der Waals surface area (Å²) in [6, 6.07) is 7.44. The van der Waals surface area contributed by atoms with E-state index in [-0.39, 0.29) is 30.9 Å². The van der Waals surface area contributed by atoms with Gasteiger partial charge in [0, 0.05) is 6.54 Å². The first-order valence-electron chi connectivity index (χ1n) is 8.48. The second-order valence-electron chi connectivity index (χ2n) is 6.11. The van der Waals surface area contributed by atoms with Gasteiger partial charge in [0.1, 0.15) is 5.75 Å². The fourth-order valence-electron chi connectivity index (χ4n) is 2.83. The number of carbonyl (C=O) groups is 2. The molecule has 1 saturated carbocycles. The molecule has 140 valence electrons. The Labute approximate surface area is 154 Å². The summed E-state index contributed by atoms with van der Waals surface area (Å²) >= 11 is 0. The van der Waals surface area contributed by atoms with E-state index in [1.54, 1.807) is 19.1 Å². The van der Waals surface area contributed by atoms with Crippen LogP contribution >= 0.6 is 12.4 Å². The maximum Gasteiger partial charge on any atom is 0.344 e. The molecule has 3 N–H and O–H groups in total.